The molecular weight excluding hydrogens is 530 g/mol. The lowest BCUT2D eigenvalue weighted by Gasteiger charge is -2.26. The molecule has 0 saturated heterocycles. The highest BCUT2D eigenvalue weighted by Crippen LogP contribution is 2.42. The molecule has 208 valence electrons. The summed E-state index contributed by atoms with van der Waals surface area (Å²) in [6.45, 7) is 2.47. The molecule has 2 aliphatic rings. The highest BCUT2D eigenvalue weighted by molar-refractivity contribution is 7.16. The Kier molecular flexibility index (Phi) is 7.72. The van der Waals surface area contributed by atoms with Crippen molar-refractivity contribution in [3.63, 3.8) is 0 Å². The third-order valence-corrected chi connectivity index (χ3v) is 9.10. The summed E-state index contributed by atoms with van der Waals surface area (Å²) in [7, 11) is 0. The topological polar surface area (TPSA) is 81.7 Å². The van der Waals surface area contributed by atoms with E-state index < -0.39 is 5.91 Å². The molecule has 0 spiro atoms. The lowest BCUT2D eigenvalue weighted by atomic mass is 9.78. The Morgan fingerprint density at radius 3 is 2.56 bits per heavy atom. The molecule has 0 fully saturated rings. The standard InChI is InChI=1S/C34H33N3O3S/c1-2-35-34(39)36-19-18-33(38)37(40)26-8-5-7-24(21-26)31-16-17-32(41-31)25-12-13-28-23(20-25)11-15-29-27-9-4-3-6-22(27)10-14-30(28)29/h3-9,11,15-17,20-21,40H,2,10,12-14,18-19H2,1H3,(H2,35,36,39). The maximum Gasteiger partial charge on any atom is 0.314 e. The first-order valence-electron chi connectivity index (χ1n) is 14.2. The predicted molar refractivity (Wildman–Crippen MR) is 166 cm³/mol. The number of benzene rings is 3. The molecule has 3 N–H and O–H groups in total. The van der Waals surface area contributed by atoms with Crippen LogP contribution in [0.5, 0.6) is 0 Å². The van der Waals surface area contributed by atoms with Crippen molar-refractivity contribution in [1.29, 1.82) is 0 Å². The summed E-state index contributed by atoms with van der Waals surface area (Å²) >= 11 is 1.73. The van der Waals surface area contributed by atoms with E-state index in [2.05, 4.69) is 65.2 Å². The second-order valence-corrected chi connectivity index (χ2v) is 11.5. The molecule has 0 saturated carbocycles. The number of carbonyl (C=O) groups excluding carboxylic acids is 2. The van der Waals surface area contributed by atoms with Crippen LogP contribution in [-0.2, 0) is 24.1 Å². The van der Waals surface area contributed by atoms with Gasteiger partial charge in [-0.1, -0.05) is 54.6 Å². The van der Waals surface area contributed by atoms with E-state index in [4.69, 9.17) is 0 Å². The Labute approximate surface area is 244 Å². The number of allylic oxidation sites excluding steroid dienone is 1. The molecule has 1 aromatic heterocycles. The van der Waals surface area contributed by atoms with Crippen molar-refractivity contribution in [2.45, 2.75) is 39.0 Å². The van der Waals surface area contributed by atoms with Crippen molar-refractivity contribution in [3.05, 3.63) is 99.9 Å². The van der Waals surface area contributed by atoms with Crippen LogP contribution < -0.4 is 15.7 Å². The van der Waals surface area contributed by atoms with Gasteiger partial charge >= 0.3 is 6.03 Å². The summed E-state index contributed by atoms with van der Waals surface area (Å²) < 4.78 is 0. The molecular formula is C34H33N3O3S. The SMILES string of the molecule is CCNC(=O)NCCC(=O)N(O)c1cccc(-c2ccc(C3=Cc4ccc5c(c4CC3)CCc3ccccc3-5)s2)c1. The second-order valence-electron chi connectivity index (χ2n) is 10.4. The van der Waals surface area contributed by atoms with E-state index in [1.165, 1.54) is 43.8 Å². The molecule has 6 nitrogen and oxygen atoms in total. The molecule has 3 aromatic carbocycles. The fourth-order valence-corrected chi connectivity index (χ4v) is 6.91. The van der Waals surface area contributed by atoms with Crippen LogP contribution in [0.2, 0.25) is 0 Å². The van der Waals surface area contributed by atoms with E-state index in [0.29, 0.717) is 17.3 Å². The molecule has 0 bridgehead atoms. The number of fused-ring (bicyclic) bond motifs is 5. The molecule has 0 unspecified atom stereocenters. The summed E-state index contributed by atoms with van der Waals surface area (Å²) in [5.41, 5.74) is 11.3. The normalized spacial score (nSPS) is 13.4. The third-order valence-electron chi connectivity index (χ3n) is 7.89. The fraction of sp³-hybridized carbons (Fsp3) is 0.235. The van der Waals surface area contributed by atoms with Crippen molar-refractivity contribution in [1.82, 2.24) is 10.6 Å². The minimum Gasteiger partial charge on any atom is -0.338 e. The Morgan fingerprint density at radius 2 is 1.68 bits per heavy atom. The first kappa shape index (κ1) is 27.0. The molecule has 0 radical (unpaired) electrons. The molecule has 3 amide bonds. The number of urea groups is 1. The van der Waals surface area contributed by atoms with Gasteiger partial charge < -0.3 is 10.6 Å². The number of rotatable bonds is 7. The van der Waals surface area contributed by atoms with Gasteiger partial charge in [0.05, 0.1) is 5.69 Å². The lowest BCUT2D eigenvalue weighted by Crippen LogP contribution is -2.38. The Morgan fingerprint density at radius 1 is 0.854 bits per heavy atom. The van der Waals surface area contributed by atoms with Crippen molar-refractivity contribution in [2.75, 3.05) is 18.2 Å². The smallest absolute Gasteiger partial charge is 0.314 e. The summed E-state index contributed by atoms with van der Waals surface area (Å²) in [6.07, 6.45) is 6.61. The number of nitrogens with zero attached hydrogens (tertiary/aromatic N) is 1. The van der Waals surface area contributed by atoms with E-state index in [1.54, 1.807) is 17.4 Å². The maximum atomic E-state index is 12.5. The maximum absolute atomic E-state index is 12.5. The third kappa shape index (κ3) is 5.56. The van der Waals surface area contributed by atoms with Crippen LogP contribution in [0.3, 0.4) is 0 Å². The van der Waals surface area contributed by atoms with E-state index in [1.807, 2.05) is 25.1 Å². The number of hydroxylamine groups is 1. The number of aryl methyl sites for hydroxylation is 1. The highest BCUT2D eigenvalue weighted by Gasteiger charge is 2.23. The Balaban J connectivity index is 1.18. The van der Waals surface area contributed by atoms with Crippen molar-refractivity contribution in [2.24, 2.45) is 0 Å². The molecule has 7 heteroatoms. The van der Waals surface area contributed by atoms with Crippen molar-refractivity contribution in [3.8, 4) is 21.6 Å². The molecule has 0 atom stereocenters. The summed E-state index contributed by atoms with van der Waals surface area (Å²) in [4.78, 5) is 26.3. The molecule has 1 heterocycles. The van der Waals surface area contributed by atoms with Gasteiger partial charge in [-0.05, 0) is 101 Å². The van der Waals surface area contributed by atoms with Gasteiger partial charge in [-0.15, -0.1) is 11.3 Å². The van der Waals surface area contributed by atoms with Gasteiger partial charge in [0.1, 0.15) is 0 Å². The average molecular weight is 564 g/mol. The molecule has 0 aliphatic heterocycles. The lowest BCUT2D eigenvalue weighted by molar-refractivity contribution is -0.123. The van der Waals surface area contributed by atoms with Gasteiger partial charge in [0.2, 0.25) is 0 Å². The molecule has 2 aliphatic carbocycles. The number of hydrogen-bond acceptors (Lipinski definition) is 4. The quantitative estimate of drug-likeness (QED) is 0.166. The number of anilines is 1. The minimum atomic E-state index is -0.484. The van der Waals surface area contributed by atoms with Crippen LogP contribution in [-0.4, -0.2) is 30.2 Å². The number of amides is 3. The number of nitrogens with one attached hydrogen (secondary N) is 2. The molecule has 41 heavy (non-hydrogen) atoms. The Hall–Kier alpha value is -4.20. The first-order chi connectivity index (χ1) is 20.0. The van der Waals surface area contributed by atoms with Crippen LogP contribution in [0.15, 0.2) is 72.8 Å². The van der Waals surface area contributed by atoms with Crippen LogP contribution in [0.1, 0.15) is 46.9 Å². The first-order valence-corrected chi connectivity index (χ1v) is 15.0. The summed E-state index contributed by atoms with van der Waals surface area (Å²) in [5, 5.41) is 16.4. The van der Waals surface area contributed by atoms with E-state index in [0.717, 1.165) is 36.1 Å². The largest absolute Gasteiger partial charge is 0.338 e. The highest BCUT2D eigenvalue weighted by atomic mass is 32.1. The summed E-state index contributed by atoms with van der Waals surface area (Å²) in [5.74, 6) is -0.484. The van der Waals surface area contributed by atoms with Crippen molar-refractivity contribution >= 4 is 40.6 Å². The summed E-state index contributed by atoms with van der Waals surface area (Å²) in [6, 6.07) is 24.7. The fourth-order valence-electron chi connectivity index (χ4n) is 5.87. The monoisotopic (exact) mass is 563 g/mol. The van der Waals surface area contributed by atoms with Gasteiger partial charge in [-0.25, -0.2) is 4.79 Å². The Bertz CT molecular complexity index is 1650. The second kappa shape index (κ2) is 11.7. The average Bonchev–Trinajstić information content (AvgIpc) is 3.51. The van der Waals surface area contributed by atoms with Crippen molar-refractivity contribution < 1.29 is 14.8 Å². The van der Waals surface area contributed by atoms with Crippen LogP contribution >= 0.6 is 11.3 Å². The van der Waals surface area contributed by atoms with Gasteiger partial charge in [-0.3, -0.25) is 10.0 Å². The zero-order chi connectivity index (χ0) is 28.3. The zero-order valence-corrected chi connectivity index (χ0v) is 23.9. The molecule has 6 rings (SSSR count). The minimum absolute atomic E-state index is 0.00758. The molecule has 4 aromatic rings. The van der Waals surface area contributed by atoms with Crippen LogP contribution in [0, 0.1) is 0 Å². The zero-order valence-electron chi connectivity index (χ0n) is 23.1. The van der Waals surface area contributed by atoms with E-state index in [-0.39, 0.29) is 19.0 Å². The van der Waals surface area contributed by atoms with Crippen LogP contribution in [0.25, 0.3) is 33.2 Å². The van der Waals surface area contributed by atoms with Gasteiger partial charge in [-0.2, -0.15) is 5.06 Å². The predicted octanol–water partition coefficient (Wildman–Crippen LogP) is 7.10. The number of hydrogen-bond donors (Lipinski definition) is 3. The van der Waals surface area contributed by atoms with E-state index in [9.17, 15) is 14.8 Å². The number of carbonyl (C=O) groups is 2. The van der Waals surface area contributed by atoms with Gasteiger partial charge in [0, 0.05) is 29.3 Å². The van der Waals surface area contributed by atoms with Crippen LogP contribution in [0.4, 0.5) is 10.5 Å². The van der Waals surface area contributed by atoms with E-state index >= 15 is 0 Å². The van der Waals surface area contributed by atoms with Gasteiger partial charge in [0.25, 0.3) is 5.91 Å². The number of thiophene rings is 1. The van der Waals surface area contributed by atoms with Gasteiger partial charge in [0.15, 0.2) is 0 Å².